The maximum Gasteiger partial charge on any atom is 0.189 e. The topological polar surface area (TPSA) is 35.0 Å². The van der Waals surface area contributed by atoms with Crippen LogP contribution in [0.15, 0.2) is 63.7 Å². The third-order valence-electron chi connectivity index (χ3n) is 3.30. The molecule has 0 bridgehead atoms. The number of nitrogens with zero attached hydrogens (tertiary/aromatic N) is 2. The van der Waals surface area contributed by atoms with Gasteiger partial charge in [0.25, 0.3) is 0 Å². The predicted molar refractivity (Wildman–Crippen MR) is 110 cm³/mol. The van der Waals surface area contributed by atoms with E-state index in [0.717, 1.165) is 15.5 Å². The van der Waals surface area contributed by atoms with Crippen molar-refractivity contribution in [2.24, 2.45) is 0 Å². The molecule has 2 aromatic carbocycles. The van der Waals surface area contributed by atoms with Gasteiger partial charge in [-0.2, -0.15) is 0 Å². The Labute approximate surface area is 175 Å². The molecule has 1 aromatic heterocycles. The van der Waals surface area contributed by atoms with E-state index in [2.05, 4.69) is 9.97 Å². The van der Waals surface area contributed by atoms with E-state index >= 15 is 0 Å². The first kappa shape index (κ1) is 19.6. The van der Waals surface area contributed by atoms with Crippen LogP contribution < -0.4 is 4.74 Å². The Morgan fingerprint density at radius 3 is 2.46 bits per heavy atom. The molecule has 0 aliphatic rings. The lowest BCUT2D eigenvalue weighted by molar-refractivity contribution is 0.395. The highest BCUT2D eigenvalue weighted by molar-refractivity contribution is 7.99. The van der Waals surface area contributed by atoms with Gasteiger partial charge in [-0.1, -0.05) is 64.4 Å². The van der Waals surface area contributed by atoms with Gasteiger partial charge in [0.15, 0.2) is 10.9 Å². The van der Waals surface area contributed by atoms with Gasteiger partial charge in [0.1, 0.15) is 5.03 Å². The van der Waals surface area contributed by atoms with Crippen LogP contribution in [0.25, 0.3) is 0 Å². The zero-order chi connectivity index (χ0) is 18.5. The molecule has 3 aromatic rings. The van der Waals surface area contributed by atoms with E-state index in [-0.39, 0.29) is 0 Å². The molecular formula is C18H13Cl3N2OS2. The zero-order valence-electron chi connectivity index (χ0n) is 13.6. The Hall–Kier alpha value is -1.11. The van der Waals surface area contributed by atoms with E-state index in [1.165, 1.54) is 23.5 Å². The molecule has 0 N–H and O–H groups in total. The van der Waals surface area contributed by atoms with Crippen LogP contribution in [0.5, 0.6) is 5.75 Å². The van der Waals surface area contributed by atoms with Crippen molar-refractivity contribution >= 4 is 58.3 Å². The van der Waals surface area contributed by atoms with E-state index < -0.39 is 0 Å². The van der Waals surface area contributed by atoms with Crippen LogP contribution in [0.1, 0.15) is 5.56 Å². The molecule has 3 nitrogen and oxygen atoms in total. The lowest BCUT2D eigenvalue weighted by atomic mass is 10.2. The third kappa shape index (κ3) is 5.21. The Kier molecular flexibility index (Phi) is 6.95. The van der Waals surface area contributed by atoms with Crippen LogP contribution >= 0.6 is 58.3 Å². The quantitative estimate of drug-likeness (QED) is 0.235. The molecule has 8 heteroatoms. The van der Waals surface area contributed by atoms with Gasteiger partial charge in [-0.25, -0.2) is 9.97 Å². The van der Waals surface area contributed by atoms with E-state index in [1.807, 2.05) is 36.4 Å². The van der Waals surface area contributed by atoms with Crippen LogP contribution in [0, 0.1) is 0 Å². The number of hydrogen-bond acceptors (Lipinski definition) is 5. The molecule has 134 valence electrons. The number of aromatic nitrogens is 2. The van der Waals surface area contributed by atoms with E-state index in [0.29, 0.717) is 31.7 Å². The molecule has 1 heterocycles. The largest absolute Gasteiger partial charge is 0.492 e. The van der Waals surface area contributed by atoms with Crippen LogP contribution in [-0.2, 0) is 5.75 Å². The van der Waals surface area contributed by atoms with E-state index in [1.54, 1.807) is 19.4 Å². The summed E-state index contributed by atoms with van der Waals surface area (Å²) in [7, 11) is 1.60. The van der Waals surface area contributed by atoms with Crippen molar-refractivity contribution in [2.45, 2.75) is 20.8 Å². The Morgan fingerprint density at radius 2 is 1.77 bits per heavy atom. The molecule has 0 unspecified atom stereocenters. The summed E-state index contributed by atoms with van der Waals surface area (Å²) in [5, 5.41) is 3.19. The van der Waals surface area contributed by atoms with Gasteiger partial charge in [-0.3, -0.25) is 0 Å². The van der Waals surface area contributed by atoms with Crippen molar-refractivity contribution in [3.8, 4) is 5.75 Å². The SMILES string of the molecule is COc1cnc(SCc2ccc(Cl)c(Cl)c2)nc1Sc1ccc(Cl)cc1. The normalized spacial score (nSPS) is 10.8. The van der Waals surface area contributed by atoms with Gasteiger partial charge in [0.2, 0.25) is 0 Å². The summed E-state index contributed by atoms with van der Waals surface area (Å²) >= 11 is 21.0. The average Bonchev–Trinajstić information content (AvgIpc) is 2.65. The summed E-state index contributed by atoms with van der Waals surface area (Å²) in [5.74, 6) is 1.32. The van der Waals surface area contributed by atoms with Gasteiger partial charge < -0.3 is 4.74 Å². The van der Waals surface area contributed by atoms with Crippen molar-refractivity contribution in [3.05, 3.63) is 69.3 Å². The van der Waals surface area contributed by atoms with Gasteiger partial charge in [-0.15, -0.1) is 0 Å². The molecule has 0 saturated carbocycles. The average molecular weight is 444 g/mol. The van der Waals surface area contributed by atoms with Crippen molar-refractivity contribution in [1.29, 1.82) is 0 Å². The third-order valence-corrected chi connectivity index (χ3v) is 6.22. The number of halogens is 3. The molecule has 0 aliphatic heterocycles. The predicted octanol–water partition coefficient (Wildman–Crippen LogP) is 6.89. The maximum atomic E-state index is 6.06. The van der Waals surface area contributed by atoms with E-state index in [4.69, 9.17) is 39.5 Å². The number of ether oxygens (including phenoxy) is 1. The fourth-order valence-electron chi connectivity index (χ4n) is 2.01. The molecule has 0 radical (unpaired) electrons. The molecule has 0 aliphatic carbocycles. The molecule has 0 atom stereocenters. The Morgan fingerprint density at radius 1 is 1.00 bits per heavy atom. The second kappa shape index (κ2) is 9.20. The highest BCUT2D eigenvalue weighted by Gasteiger charge is 2.11. The van der Waals surface area contributed by atoms with Crippen LogP contribution in [0.4, 0.5) is 0 Å². The van der Waals surface area contributed by atoms with Gasteiger partial charge in [-0.05, 0) is 42.0 Å². The highest BCUT2D eigenvalue weighted by atomic mass is 35.5. The van der Waals surface area contributed by atoms with Crippen molar-refractivity contribution in [1.82, 2.24) is 9.97 Å². The standard InChI is InChI=1S/C18H13Cl3N2OS2/c1-24-16-9-22-18(25-10-11-2-7-14(20)15(21)8-11)23-17(16)26-13-5-3-12(19)4-6-13/h2-9H,10H2,1H3. The van der Waals surface area contributed by atoms with Crippen LogP contribution in [0.3, 0.4) is 0 Å². The summed E-state index contributed by atoms with van der Waals surface area (Å²) in [6.07, 6.45) is 1.68. The fourth-order valence-corrected chi connectivity index (χ4v) is 4.14. The minimum absolute atomic E-state index is 0.541. The first-order chi connectivity index (χ1) is 12.5. The summed E-state index contributed by atoms with van der Waals surface area (Å²) in [6, 6.07) is 13.2. The number of hydrogen-bond donors (Lipinski definition) is 0. The first-order valence-electron chi connectivity index (χ1n) is 7.46. The lowest BCUT2D eigenvalue weighted by Gasteiger charge is -2.09. The Balaban J connectivity index is 1.75. The fraction of sp³-hybridized carbons (Fsp3) is 0.111. The molecular weight excluding hydrogens is 431 g/mol. The highest BCUT2D eigenvalue weighted by Crippen LogP contribution is 2.35. The number of benzene rings is 2. The summed E-state index contributed by atoms with van der Waals surface area (Å²) in [4.78, 5) is 9.99. The smallest absolute Gasteiger partial charge is 0.189 e. The van der Waals surface area contributed by atoms with Gasteiger partial charge >= 0.3 is 0 Å². The molecule has 0 fully saturated rings. The second-order valence-corrected chi connectivity index (χ2v) is 8.37. The van der Waals surface area contributed by atoms with E-state index in [9.17, 15) is 0 Å². The maximum absolute atomic E-state index is 6.06. The monoisotopic (exact) mass is 442 g/mol. The number of thioether (sulfide) groups is 1. The summed E-state index contributed by atoms with van der Waals surface area (Å²) in [6.45, 7) is 0. The van der Waals surface area contributed by atoms with Crippen molar-refractivity contribution < 1.29 is 4.74 Å². The van der Waals surface area contributed by atoms with Crippen LogP contribution in [-0.4, -0.2) is 17.1 Å². The molecule has 0 spiro atoms. The minimum Gasteiger partial charge on any atom is -0.492 e. The van der Waals surface area contributed by atoms with Gasteiger partial charge in [0, 0.05) is 15.7 Å². The molecule has 26 heavy (non-hydrogen) atoms. The summed E-state index contributed by atoms with van der Waals surface area (Å²) in [5.41, 5.74) is 1.05. The summed E-state index contributed by atoms with van der Waals surface area (Å²) < 4.78 is 5.37. The van der Waals surface area contributed by atoms with Gasteiger partial charge in [0.05, 0.1) is 23.4 Å². The van der Waals surface area contributed by atoms with Crippen molar-refractivity contribution in [3.63, 3.8) is 0 Å². The lowest BCUT2D eigenvalue weighted by Crippen LogP contribution is -1.95. The molecule has 0 amide bonds. The van der Waals surface area contributed by atoms with Crippen LogP contribution in [0.2, 0.25) is 15.1 Å². The Bertz CT molecular complexity index is 907. The zero-order valence-corrected chi connectivity index (χ0v) is 17.5. The minimum atomic E-state index is 0.541. The molecule has 0 saturated heterocycles. The first-order valence-corrected chi connectivity index (χ1v) is 10.4. The molecule has 3 rings (SSSR count). The number of methoxy groups -OCH3 is 1. The number of rotatable bonds is 6. The second-order valence-electron chi connectivity index (χ2n) is 5.12. The van der Waals surface area contributed by atoms with Crippen molar-refractivity contribution in [2.75, 3.05) is 7.11 Å².